The van der Waals surface area contributed by atoms with E-state index in [0.29, 0.717) is 10.6 Å². The van der Waals surface area contributed by atoms with Gasteiger partial charge in [0.25, 0.3) is 11.6 Å². The van der Waals surface area contributed by atoms with E-state index >= 15 is 0 Å². The van der Waals surface area contributed by atoms with Gasteiger partial charge in [-0.05, 0) is 36.4 Å². The van der Waals surface area contributed by atoms with Crippen molar-refractivity contribution in [2.75, 3.05) is 12.1 Å². The number of carbonyl (C=O) groups is 1. The van der Waals surface area contributed by atoms with Crippen LogP contribution in [0.25, 0.3) is 17.4 Å². The molecule has 11 heteroatoms. The number of nitro groups is 1. The van der Waals surface area contributed by atoms with Gasteiger partial charge in [-0.25, -0.2) is 0 Å². The van der Waals surface area contributed by atoms with Crippen LogP contribution in [-0.2, 0) is 4.79 Å². The van der Waals surface area contributed by atoms with Crippen molar-refractivity contribution in [3.63, 3.8) is 0 Å². The highest BCUT2D eigenvalue weighted by molar-refractivity contribution is 6.34. The van der Waals surface area contributed by atoms with Crippen molar-refractivity contribution < 1.29 is 32.0 Å². The van der Waals surface area contributed by atoms with Crippen molar-refractivity contribution in [3.05, 3.63) is 82.1 Å². The van der Waals surface area contributed by atoms with Crippen molar-refractivity contribution >= 4 is 29.1 Å². The predicted molar refractivity (Wildman–Crippen MR) is 113 cm³/mol. The van der Waals surface area contributed by atoms with Crippen molar-refractivity contribution in [2.45, 2.75) is 6.18 Å². The topological polar surface area (TPSA) is 98.2 Å². The number of furan rings is 1. The quantitative estimate of drug-likeness (QED) is 0.298. The Morgan fingerprint density at radius 1 is 1.12 bits per heavy atom. The molecule has 0 fully saturated rings. The SMILES string of the molecule is COc1cc([N+](=O)[O-])ccc1-c1ccc(/C=C2/C(=O)N(c3ccccc3)N=C2C(F)(F)F)o1. The minimum atomic E-state index is -4.87. The minimum absolute atomic E-state index is 0.0411. The van der Waals surface area contributed by atoms with E-state index in [4.69, 9.17) is 9.15 Å². The van der Waals surface area contributed by atoms with Gasteiger partial charge in [0.1, 0.15) is 17.3 Å². The molecular weight excluding hydrogens is 443 g/mol. The average molecular weight is 457 g/mol. The minimum Gasteiger partial charge on any atom is -0.496 e. The normalized spacial score (nSPS) is 15.2. The first-order valence-electron chi connectivity index (χ1n) is 9.39. The van der Waals surface area contributed by atoms with E-state index in [1.54, 1.807) is 18.2 Å². The molecule has 1 aliphatic heterocycles. The second-order valence-corrected chi connectivity index (χ2v) is 6.80. The lowest BCUT2D eigenvalue weighted by Crippen LogP contribution is -2.25. The Balaban J connectivity index is 1.72. The summed E-state index contributed by atoms with van der Waals surface area (Å²) in [7, 11) is 1.32. The van der Waals surface area contributed by atoms with Crippen LogP contribution < -0.4 is 9.75 Å². The second kappa shape index (κ2) is 8.26. The van der Waals surface area contributed by atoms with Gasteiger partial charge in [0.15, 0.2) is 5.71 Å². The fourth-order valence-electron chi connectivity index (χ4n) is 3.21. The summed E-state index contributed by atoms with van der Waals surface area (Å²) in [5, 5.41) is 15.1. The third kappa shape index (κ3) is 4.20. The maximum absolute atomic E-state index is 13.6. The van der Waals surface area contributed by atoms with Crippen molar-refractivity contribution in [2.24, 2.45) is 5.10 Å². The average Bonchev–Trinajstić information content (AvgIpc) is 3.39. The van der Waals surface area contributed by atoms with Crippen LogP contribution in [0.15, 0.2) is 75.8 Å². The lowest BCUT2D eigenvalue weighted by Gasteiger charge is -2.10. The molecule has 1 amide bonds. The number of para-hydroxylation sites is 1. The molecule has 1 aliphatic rings. The summed E-state index contributed by atoms with van der Waals surface area (Å²) in [5.74, 6) is -0.674. The molecular formula is C22H14F3N3O5. The Kier molecular flexibility index (Phi) is 5.46. The second-order valence-electron chi connectivity index (χ2n) is 6.80. The van der Waals surface area contributed by atoms with Gasteiger partial charge in [-0.15, -0.1) is 0 Å². The van der Waals surface area contributed by atoms with Gasteiger partial charge in [0, 0.05) is 6.07 Å². The van der Waals surface area contributed by atoms with Gasteiger partial charge in [0.2, 0.25) is 0 Å². The lowest BCUT2D eigenvalue weighted by molar-refractivity contribution is -0.384. The summed E-state index contributed by atoms with van der Waals surface area (Å²) in [6, 6.07) is 14.4. The highest BCUT2D eigenvalue weighted by Crippen LogP contribution is 2.36. The van der Waals surface area contributed by atoms with Crippen molar-refractivity contribution in [1.29, 1.82) is 0 Å². The first-order chi connectivity index (χ1) is 15.7. The molecule has 2 heterocycles. The number of halogens is 3. The first-order valence-corrected chi connectivity index (χ1v) is 9.39. The van der Waals surface area contributed by atoms with Crippen LogP contribution in [0.3, 0.4) is 0 Å². The maximum Gasteiger partial charge on any atom is 0.435 e. The number of methoxy groups -OCH3 is 1. The van der Waals surface area contributed by atoms with Crippen molar-refractivity contribution in [1.82, 2.24) is 0 Å². The molecule has 0 N–H and O–H groups in total. The number of anilines is 1. The van der Waals surface area contributed by atoms with Gasteiger partial charge in [-0.2, -0.15) is 23.3 Å². The molecule has 0 saturated heterocycles. The summed E-state index contributed by atoms with van der Waals surface area (Å²) >= 11 is 0. The number of ether oxygens (including phenoxy) is 1. The number of hydrazone groups is 1. The third-order valence-corrected chi connectivity index (χ3v) is 4.72. The van der Waals surface area contributed by atoms with E-state index < -0.39 is 28.3 Å². The Morgan fingerprint density at radius 2 is 1.85 bits per heavy atom. The number of rotatable bonds is 5. The first kappa shape index (κ1) is 21.8. The number of benzene rings is 2. The van der Waals surface area contributed by atoms with Gasteiger partial charge in [-0.1, -0.05) is 18.2 Å². The standard InChI is InChI=1S/C22H14F3N3O5/c1-32-19-11-14(28(30)31)7-9-16(19)18-10-8-15(33-18)12-17-20(22(23,24)25)26-27(21(17)29)13-5-3-2-4-6-13/h2-12H,1H3/b17-12+. The number of hydrogen-bond donors (Lipinski definition) is 0. The monoisotopic (exact) mass is 457 g/mol. The summed E-state index contributed by atoms with van der Waals surface area (Å²) in [6.07, 6.45) is -3.92. The highest BCUT2D eigenvalue weighted by atomic mass is 19.4. The predicted octanol–water partition coefficient (Wildman–Crippen LogP) is 5.21. The number of carbonyl (C=O) groups excluding carboxylic acids is 1. The van der Waals surface area contributed by atoms with Gasteiger partial charge in [-0.3, -0.25) is 14.9 Å². The summed E-state index contributed by atoms with van der Waals surface area (Å²) in [4.78, 5) is 23.1. The molecule has 8 nitrogen and oxygen atoms in total. The number of nitro benzene ring substituents is 1. The van der Waals surface area contributed by atoms with Gasteiger partial charge in [0.05, 0.1) is 34.9 Å². The van der Waals surface area contributed by atoms with E-state index in [1.807, 2.05) is 0 Å². The van der Waals surface area contributed by atoms with Crippen LogP contribution >= 0.6 is 0 Å². The molecule has 3 aromatic rings. The molecule has 0 radical (unpaired) electrons. The highest BCUT2D eigenvalue weighted by Gasteiger charge is 2.47. The van der Waals surface area contributed by atoms with Crippen LogP contribution in [0.4, 0.5) is 24.5 Å². The molecule has 0 unspecified atom stereocenters. The van der Waals surface area contributed by atoms with E-state index in [9.17, 15) is 28.1 Å². The van der Waals surface area contributed by atoms with Crippen LogP contribution in [0.5, 0.6) is 5.75 Å². The Hall–Kier alpha value is -4.41. The molecule has 0 spiro atoms. The molecule has 1 aromatic heterocycles. The number of non-ortho nitro benzene ring substituents is 1. The fraction of sp³-hybridized carbons (Fsp3) is 0.0909. The van der Waals surface area contributed by atoms with Crippen molar-refractivity contribution in [3.8, 4) is 17.1 Å². The smallest absolute Gasteiger partial charge is 0.435 e. The number of alkyl halides is 3. The van der Waals surface area contributed by atoms with Crippen LogP contribution in [0.1, 0.15) is 5.76 Å². The molecule has 0 bridgehead atoms. The van der Waals surface area contributed by atoms with E-state index in [2.05, 4.69) is 5.10 Å². The molecule has 33 heavy (non-hydrogen) atoms. The van der Waals surface area contributed by atoms with Crippen LogP contribution in [-0.4, -0.2) is 29.8 Å². The molecule has 4 rings (SSSR count). The van der Waals surface area contributed by atoms with E-state index in [-0.39, 0.29) is 28.6 Å². The Bertz CT molecular complexity index is 1300. The zero-order chi connectivity index (χ0) is 23.8. The van der Waals surface area contributed by atoms with Crippen LogP contribution in [0, 0.1) is 10.1 Å². The molecule has 0 saturated carbocycles. The Labute approximate surface area is 184 Å². The summed E-state index contributed by atoms with van der Waals surface area (Å²) in [5.41, 5.74) is -1.69. The molecule has 0 atom stereocenters. The van der Waals surface area contributed by atoms with Gasteiger partial charge >= 0.3 is 6.18 Å². The number of nitrogens with zero attached hydrogens (tertiary/aromatic N) is 3. The summed E-state index contributed by atoms with van der Waals surface area (Å²) < 4.78 is 51.6. The third-order valence-electron chi connectivity index (χ3n) is 4.72. The van der Waals surface area contributed by atoms with E-state index in [1.165, 1.54) is 49.6 Å². The van der Waals surface area contributed by atoms with Gasteiger partial charge < -0.3 is 9.15 Å². The molecule has 0 aliphatic carbocycles. The zero-order valence-corrected chi connectivity index (χ0v) is 16.9. The number of hydrogen-bond acceptors (Lipinski definition) is 6. The number of amides is 1. The fourth-order valence-corrected chi connectivity index (χ4v) is 3.21. The molecule has 168 valence electrons. The van der Waals surface area contributed by atoms with Crippen LogP contribution in [0.2, 0.25) is 0 Å². The lowest BCUT2D eigenvalue weighted by atomic mass is 10.1. The Morgan fingerprint density at radius 3 is 2.48 bits per heavy atom. The zero-order valence-electron chi connectivity index (χ0n) is 16.9. The van der Waals surface area contributed by atoms with E-state index in [0.717, 1.165) is 6.08 Å². The molecule has 2 aromatic carbocycles. The largest absolute Gasteiger partial charge is 0.496 e. The summed E-state index contributed by atoms with van der Waals surface area (Å²) in [6.45, 7) is 0. The maximum atomic E-state index is 13.6.